The first kappa shape index (κ1) is 23.6. The van der Waals surface area contributed by atoms with Gasteiger partial charge in [-0.05, 0) is 56.3 Å². The molecule has 0 amide bonds. The van der Waals surface area contributed by atoms with Gasteiger partial charge in [0.1, 0.15) is 5.56 Å². The van der Waals surface area contributed by atoms with E-state index in [1.54, 1.807) is 26.0 Å². The molecule has 1 N–H and O–H groups in total. The molecule has 1 aromatic carbocycles. The topological polar surface area (TPSA) is 84.1 Å². The molecule has 1 saturated heterocycles. The van der Waals surface area contributed by atoms with Crippen LogP contribution < -0.4 is 11.2 Å². The Morgan fingerprint density at radius 3 is 2.51 bits per heavy atom. The first-order chi connectivity index (χ1) is 16.6. The summed E-state index contributed by atoms with van der Waals surface area (Å²) in [4.78, 5) is 33.5. The quantitative estimate of drug-likeness (QED) is 0.511. The van der Waals surface area contributed by atoms with Gasteiger partial charge in [-0.2, -0.15) is 13.2 Å². The van der Waals surface area contributed by atoms with E-state index in [-0.39, 0.29) is 11.0 Å². The maximum atomic E-state index is 12.9. The Balaban J connectivity index is 1.17. The van der Waals surface area contributed by atoms with E-state index >= 15 is 0 Å². The number of aryl methyl sites for hydroxylation is 3. The fraction of sp³-hybridized carbons (Fsp3) is 0.480. The number of aromatic amines is 1. The van der Waals surface area contributed by atoms with E-state index in [2.05, 4.69) is 14.9 Å². The molecule has 2 aromatic heterocycles. The number of nitrogens with one attached hydrogen (secondary N) is 1. The molecule has 1 aliphatic heterocycles. The van der Waals surface area contributed by atoms with Gasteiger partial charge in [-0.15, -0.1) is 0 Å². The van der Waals surface area contributed by atoms with E-state index in [1.165, 1.54) is 22.9 Å². The van der Waals surface area contributed by atoms with Crippen LogP contribution in [0.15, 0.2) is 44.5 Å². The second kappa shape index (κ2) is 8.51. The number of alkyl halides is 3. The highest BCUT2D eigenvalue weighted by Gasteiger charge is 2.60. The molecule has 0 unspecified atom stereocenters. The highest BCUT2D eigenvalue weighted by atomic mass is 19.4. The molecule has 1 aliphatic carbocycles. The predicted molar refractivity (Wildman–Crippen MR) is 123 cm³/mol. The van der Waals surface area contributed by atoms with Crippen molar-refractivity contribution in [2.45, 2.75) is 51.2 Å². The van der Waals surface area contributed by atoms with E-state index in [4.69, 9.17) is 4.42 Å². The van der Waals surface area contributed by atoms with Crippen LogP contribution in [0, 0.1) is 19.8 Å². The van der Waals surface area contributed by atoms with Crippen LogP contribution in [0.1, 0.15) is 42.0 Å². The fourth-order valence-corrected chi connectivity index (χ4v) is 5.43. The Labute approximate surface area is 199 Å². The lowest BCUT2D eigenvalue weighted by molar-refractivity contribution is -0.137. The zero-order chi connectivity index (χ0) is 25.0. The van der Waals surface area contributed by atoms with Gasteiger partial charge >= 0.3 is 11.9 Å². The van der Waals surface area contributed by atoms with Crippen molar-refractivity contribution in [3.05, 3.63) is 74.0 Å². The lowest BCUT2D eigenvalue weighted by Crippen LogP contribution is -2.31. The molecule has 3 aromatic rings. The molecule has 7 nitrogen and oxygen atoms in total. The van der Waals surface area contributed by atoms with Crippen molar-refractivity contribution in [2.75, 3.05) is 19.6 Å². The average Bonchev–Trinajstić information content (AvgIpc) is 3.19. The summed E-state index contributed by atoms with van der Waals surface area (Å²) in [6.07, 6.45) is -0.170. The summed E-state index contributed by atoms with van der Waals surface area (Å²) in [5.41, 5.74) is 0.254. The highest BCUT2D eigenvalue weighted by Crippen LogP contribution is 2.59. The van der Waals surface area contributed by atoms with Gasteiger partial charge in [-0.25, -0.2) is 9.78 Å². The van der Waals surface area contributed by atoms with Gasteiger partial charge in [-0.1, -0.05) is 12.1 Å². The summed E-state index contributed by atoms with van der Waals surface area (Å²) in [6.45, 7) is 6.54. The van der Waals surface area contributed by atoms with Gasteiger partial charge in [-0.3, -0.25) is 14.3 Å². The number of fused-ring (bicyclic) bond motifs is 1. The molecule has 2 aliphatic rings. The molecule has 0 bridgehead atoms. The molecule has 10 heteroatoms. The van der Waals surface area contributed by atoms with Gasteiger partial charge in [0.15, 0.2) is 11.7 Å². The Bertz CT molecular complexity index is 1360. The maximum Gasteiger partial charge on any atom is 0.416 e. The largest absolute Gasteiger partial charge is 0.440 e. The SMILES string of the molecule is Cc1nc(C)c(-c2cn(CCCCN3C[C@@H]4C[C@]4(c4ccc(C(F)(F)F)cc4)C3)c(=O)[nH]c2=O)o1. The molecule has 2 fully saturated rings. The van der Waals surface area contributed by atoms with Crippen LogP contribution in [0.5, 0.6) is 0 Å². The summed E-state index contributed by atoms with van der Waals surface area (Å²) in [5, 5.41) is 0. The first-order valence-electron chi connectivity index (χ1n) is 11.7. The minimum atomic E-state index is -4.32. The minimum Gasteiger partial charge on any atom is -0.440 e. The van der Waals surface area contributed by atoms with Gasteiger partial charge in [0.2, 0.25) is 0 Å². The van der Waals surface area contributed by atoms with Gasteiger partial charge < -0.3 is 9.32 Å². The monoisotopic (exact) mass is 488 g/mol. The number of halogens is 3. The van der Waals surface area contributed by atoms with E-state index < -0.39 is 23.0 Å². The Kier molecular flexibility index (Phi) is 5.74. The molecule has 35 heavy (non-hydrogen) atoms. The summed E-state index contributed by atoms with van der Waals surface area (Å²) in [6, 6.07) is 5.62. The summed E-state index contributed by atoms with van der Waals surface area (Å²) >= 11 is 0. The van der Waals surface area contributed by atoms with E-state index in [0.29, 0.717) is 29.8 Å². The fourth-order valence-electron chi connectivity index (χ4n) is 5.43. The second-order valence-corrected chi connectivity index (χ2v) is 9.72. The van der Waals surface area contributed by atoms with Crippen molar-refractivity contribution in [1.29, 1.82) is 0 Å². The lowest BCUT2D eigenvalue weighted by atomic mass is 9.94. The molecule has 0 spiro atoms. The predicted octanol–water partition coefficient (Wildman–Crippen LogP) is 3.88. The third kappa shape index (κ3) is 4.47. The molecule has 0 radical (unpaired) electrons. The number of unbranched alkanes of at least 4 members (excludes halogenated alkanes) is 1. The smallest absolute Gasteiger partial charge is 0.416 e. The normalized spacial score (nSPS) is 21.9. The van der Waals surface area contributed by atoms with Crippen molar-refractivity contribution < 1.29 is 17.6 Å². The number of nitrogens with zero attached hydrogens (tertiary/aromatic N) is 3. The zero-order valence-corrected chi connectivity index (χ0v) is 19.6. The van der Waals surface area contributed by atoms with E-state index in [1.807, 2.05) is 0 Å². The second-order valence-electron chi connectivity index (χ2n) is 9.72. The summed E-state index contributed by atoms with van der Waals surface area (Å²) < 4.78 is 45.7. The van der Waals surface area contributed by atoms with Crippen LogP contribution in [0.4, 0.5) is 13.2 Å². The van der Waals surface area contributed by atoms with Crippen molar-refractivity contribution >= 4 is 0 Å². The number of rotatable bonds is 7. The van der Waals surface area contributed by atoms with E-state index in [9.17, 15) is 22.8 Å². The van der Waals surface area contributed by atoms with Crippen LogP contribution in [-0.4, -0.2) is 39.1 Å². The first-order valence-corrected chi connectivity index (χ1v) is 11.7. The zero-order valence-electron chi connectivity index (χ0n) is 19.6. The maximum absolute atomic E-state index is 12.9. The Morgan fingerprint density at radius 2 is 1.86 bits per heavy atom. The van der Waals surface area contributed by atoms with Crippen LogP contribution in [0.25, 0.3) is 11.3 Å². The van der Waals surface area contributed by atoms with Crippen molar-refractivity contribution in [3.63, 3.8) is 0 Å². The summed E-state index contributed by atoms with van der Waals surface area (Å²) in [7, 11) is 0. The average molecular weight is 489 g/mol. The number of hydrogen-bond acceptors (Lipinski definition) is 5. The minimum absolute atomic E-state index is 0.0258. The number of H-pyrrole nitrogens is 1. The lowest BCUT2D eigenvalue weighted by Gasteiger charge is -2.21. The standard InChI is InChI=1S/C25H27F3N4O3/c1-15-21(35-16(2)29-15)20-13-32(23(34)30-22(20)33)10-4-3-9-31-12-19-11-24(19,14-31)17-5-7-18(8-6-17)25(26,27)28/h5-8,13,19H,3-4,9-12,14H2,1-2H3,(H,30,33,34)/t19-,24+/m0/s1. The van der Waals surface area contributed by atoms with Gasteiger partial charge in [0.05, 0.1) is 11.3 Å². The molecule has 186 valence electrons. The molecule has 2 atom stereocenters. The Morgan fingerprint density at radius 1 is 1.14 bits per heavy atom. The van der Waals surface area contributed by atoms with Crippen molar-refractivity contribution in [3.8, 4) is 11.3 Å². The van der Waals surface area contributed by atoms with Crippen LogP contribution in [0.3, 0.4) is 0 Å². The Hall–Kier alpha value is -3.14. The van der Waals surface area contributed by atoms with Crippen LogP contribution >= 0.6 is 0 Å². The number of oxazole rings is 1. The number of aromatic nitrogens is 3. The van der Waals surface area contributed by atoms with Crippen LogP contribution in [-0.2, 0) is 18.1 Å². The van der Waals surface area contributed by atoms with Crippen LogP contribution in [0.2, 0.25) is 0 Å². The number of likely N-dealkylation sites (tertiary alicyclic amines) is 1. The number of piperidine rings is 1. The van der Waals surface area contributed by atoms with Gasteiger partial charge in [0, 0.05) is 38.2 Å². The third-order valence-electron chi connectivity index (χ3n) is 7.29. The molecular formula is C25H27F3N4O3. The van der Waals surface area contributed by atoms with Crippen molar-refractivity contribution in [2.24, 2.45) is 5.92 Å². The number of benzene rings is 1. The van der Waals surface area contributed by atoms with Crippen molar-refractivity contribution in [1.82, 2.24) is 19.4 Å². The molecule has 3 heterocycles. The van der Waals surface area contributed by atoms with Gasteiger partial charge in [0.25, 0.3) is 5.56 Å². The number of hydrogen-bond donors (Lipinski definition) is 1. The summed E-state index contributed by atoms with van der Waals surface area (Å²) in [5.74, 6) is 1.30. The van der Waals surface area contributed by atoms with E-state index in [0.717, 1.165) is 44.5 Å². The highest BCUT2D eigenvalue weighted by molar-refractivity contribution is 5.57. The molecule has 5 rings (SSSR count). The third-order valence-corrected chi connectivity index (χ3v) is 7.29. The molecule has 1 saturated carbocycles. The molecular weight excluding hydrogens is 461 g/mol.